The van der Waals surface area contributed by atoms with Crippen molar-refractivity contribution in [3.05, 3.63) is 29.3 Å². The van der Waals surface area contributed by atoms with Gasteiger partial charge in [-0.3, -0.25) is 9.69 Å². The minimum atomic E-state index is -5.40. The standard InChI is InChI=1S/C11H9ClF3N3O4S/c1-18-8(19)10(11(13,14)15,16-9(18)20)17-23(21,22)7-4-2-6(12)3-5-7/h2-5,17H,1H3,(H,16,20)/t10-/m1/s1. The molecule has 1 heterocycles. The van der Waals surface area contributed by atoms with Crippen LogP contribution in [0.25, 0.3) is 0 Å². The highest BCUT2D eigenvalue weighted by molar-refractivity contribution is 7.89. The first-order valence-electron chi connectivity index (χ1n) is 5.87. The van der Waals surface area contributed by atoms with Crippen LogP contribution in [0.2, 0.25) is 5.02 Å². The smallest absolute Gasteiger partial charge is 0.303 e. The summed E-state index contributed by atoms with van der Waals surface area (Å²) in [5, 5.41) is 1.51. The van der Waals surface area contributed by atoms with Crippen molar-refractivity contribution in [2.24, 2.45) is 0 Å². The van der Waals surface area contributed by atoms with Crippen LogP contribution in [0, 0.1) is 0 Å². The second kappa shape index (κ2) is 5.35. The van der Waals surface area contributed by atoms with Gasteiger partial charge >= 0.3 is 12.2 Å². The Kier molecular flexibility index (Phi) is 4.07. The van der Waals surface area contributed by atoms with Crippen LogP contribution in [0.1, 0.15) is 0 Å². The van der Waals surface area contributed by atoms with Gasteiger partial charge in [0, 0.05) is 12.1 Å². The molecule has 2 rings (SSSR count). The Morgan fingerprint density at radius 2 is 1.74 bits per heavy atom. The summed E-state index contributed by atoms with van der Waals surface area (Å²) in [5.41, 5.74) is -3.77. The normalized spacial score (nSPS) is 22.4. The Bertz CT molecular complexity index is 766. The average molecular weight is 372 g/mol. The van der Waals surface area contributed by atoms with Gasteiger partial charge in [0.1, 0.15) is 0 Å². The van der Waals surface area contributed by atoms with Gasteiger partial charge in [-0.25, -0.2) is 13.2 Å². The summed E-state index contributed by atoms with van der Waals surface area (Å²) in [5.74, 6) is -1.78. The zero-order chi connectivity index (χ0) is 17.6. The van der Waals surface area contributed by atoms with Crippen LogP contribution in [0.4, 0.5) is 18.0 Å². The first-order valence-corrected chi connectivity index (χ1v) is 7.73. The number of amides is 3. The second-order valence-electron chi connectivity index (χ2n) is 4.60. The molecule has 3 amide bonds. The van der Waals surface area contributed by atoms with E-state index in [0.29, 0.717) is 0 Å². The number of carbonyl (C=O) groups is 2. The van der Waals surface area contributed by atoms with Crippen molar-refractivity contribution in [2.75, 3.05) is 7.05 Å². The predicted octanol–water partition coefficient (Wildman–Crippen LogP) is 1.06. The van der Waals surface area contributed by atoms with Crippen LogP contribution >= 0.6 is 11.6 Å². The van der Waals surface area contributed by atoms with Crippen LogP contribution in [-0.2, 0) is 14.8 Å². The molecule has 126 valence electrons. The van der Waals surface area contributed by atoms with Crippen molar-refractivity contribution in [3.8, 4) is 0 Å². The number of urea groups is 1. The zero-order valence-electron chi connectivity index (χ0n) is 11.3. The summed E-state index contributed by atoms with van der Waals surface area (Å²) >= 11 is 5.58. The maximum atomic E-state index is 13.3. The number of likely N-dealkylation sites (N-methyl/N-ethyl adjacent to an activating group) is 1. The lowest BCUT2D eigenvalue weighted by Crippen LogP contribution is -2.69. The summed E-state index contributed by atoms with van der Waals surface area (Å²) in [4.78, 5) is 22.8. The molecule has 1 saturated heterocycles. The highest BCUT2D eigenvalue weighted by atomic mass is 35.5. The molecule has 1 aromatic rings. The number of carbonyl (C=O) groups excluding carboxylic acids is 2. The third-order valence-electron chi connectivity index (χ3n) is 3.06. The SMILES string of the molecule is CN1C(=O)N[C@](NS(=O)(=O)c2ccc(Cl)cc2)(C(F)(F)F)C1=O. The third kappa shape index (κ3) is 2.86. The van der Waals surface area contributed by atoms with Gasteiger partial charge in [0.15, 0.2) is 0 Å². The largest absolute Gasteiger partial charge is 0.435 e. The molecule has 1 aliphatic heterocycles. The van der Waals surface area contributed by atoms with E-state index >= 15 is 0 Å². The van der Waals surface area contributed by atoms with Gasteiger partial charge < -0.3 is 5.32 Å². The summed E-state index contributed by atoms with van der Waals surface area (Å²) in [7, 11) is -3.98. The van der Waals surface area contributed by atoms with Gasteiger partial charge in [0.2, 0.25) is 10.0 Å². The highest BCUT2D eigenvalue weighted by Gasteiger charge is 2.68. The quantitative estimate of drug-likeness (QED) is 0.777. The fourth-order valence-corrected chi connectivity index (χ4v) is 3.23. The molecule has 7 nitrogen and oxygen atoms in total. The number of rotatable bonds is 3. The van der Waals surface area contributed by atoms with E-state index in [1.807, 2.05) is 0 Å². The molecule has 0 unspecified atom stereocenters. The van der Waals surface area contributed by atoms with E-state index < -0.39 is 38.7 Å². The maximum absolute atomic E-state index is 13.3. The Morgan fingerprint density at radius 1 is 1.22 bits per heavy atom. The number of hydrogen-bond acceptors (Lipinski definition) is 4. The Labute approximate surface area is 133 Å². The number of alkyl halides is 3. The summed E-state index contributed by atoms with van der Waals surface area (Å²) in [6, 6.07) is 2.83. The molecule has 1 aromatic carbocycles. The molecule has 1 fully saturated rings. The van der Waals surface area contributed by atoms with Crippen molar-refractivity contribution >= 4 is 33.6 Å². The molecule has 0 radical (unpaired) electrons. The Balaban J connectivity index is 2.50. The van der Waals surface area contributed by atoms with E-state index in [-0.39, 0.29) is 9.92 Å². The average Bonchev–Trinajstić information content (AvgIpc) is 2.63. The topological polar surface area (TPSA) is 95.6 Å². The van der Waals surface area contributed by atoms with Crippen LogP contribution in [-0.4, -0.2) is 44.1 Å². The van der Waals surface area contributed by atoms with Crippen LogP contribution in [0.15, 0.2) is 29.2 Å². The number of hydrogen-bond donors (Lipinski definition) is 2. The van der Waals surface area contributed by atoms with E-state index in [1.165, 1.54) is 10.0 Å². The van der Waals surface area contributed by atoms with Crippen molar-refractivity contribution in [1.82, 2.24) is 14.9 Å². The van der Waals surface area contributed by atoms with Gasteiger partial charge in [-0.2, -0.15) is 17.9 Å². The lowest BCUT2D eigenvalue weighted by molar-refractivity contribution is -0.197. The van der Waals surface area contributed by atoms with E-state index in [9.17, 15) is 31.2 Å². The first-order chi connectivity index (χ1) is 10.4. The molecule has 0 saturated carbocycles. The molecular weight excluding hydrogens is 363 g/mol. The van der Waals surface area contributed by atoms with Crippen molar-refractivity contribution in [2.45, 2.75) is 16.7 Å². The molecule has 0 aromatic heterocycles. The van der Waals surface area contributed by atoms with Gasteiger partial charge in [-0.1, -0.05) is 11.6 Å². The van der Waals surface area contributed by atoms with E-state index in [1.54, 1.807) is 0 Å². The first kappa shape index (κ1) is 17.5. The van der Waals surface area contributed by atoms with Gasteiger partial charge in [0.25, 0.3) is 11.6 Å². The molecule has 0 bridgehead atoms. The molecule has 1 atom stereocenters. The summed E-state index contributed by atoms with van der Waals surface area (Å²) in [6.07, 6.45) is -5.40. The molecule has 0 aliphatic carbocycles. The molecule has 23 heavy (non-hydrogen) atoms. The highest BCUT2D eigenvalue weighted by Crippen LogP contribution is 2.34. The van der Waals surface area contributed by atoms with Crippen molar-refractivity contribution in [3.63, 3.8) is 0 Å². The molecule has 12 heteroatoms. The maximum Gasteiger partial charge on any atom is 0.435 e. The van der Waals surface area contributed by atoms with Crippen molar-refractivity contribution < 1.29 is 31.2 Å². The Morgan fingerprint density at radius 3 is 2.13 bits per heavy atom. The lowest BCUT2D eigenvalue weighted by Gasteiger charge is -2.29. The lowest BCUT2D eigenvalue weighted by atomic mass is 10.2. The number of imide groups is 1. The number of benzene rings is 1. The van der Waals surface area contributed by atoms with Gasteiger partial charge in [0.05, 0.1) is 4.90 Å². The van der Waals surface area contributed by atoms with Gasteiger partial charge in [-0.05, 0) is 24.3 Å². The minimum absolute atomic E-state index is 0.137. The molecule has 1 aliphatic rings. The minimum Gasteiger partial charge on any atom is -0.303 e. The number of nitrogens with one attached hydrogen (secondary N) is 2. The second-order valence-corrected chi connectivity index (χ2v) is 6.72. The van der Waals surface area contributed by atoms with Gasteiger partial charge in [-0.15, -0.1) is 0 Å². The number of sulfonamides is 1. The zero-order valence-corrected chi connectivity index (χ0v) is 12.9. The van der Waals surface area contributed by atoms with E-state index in [2.05, 4.69) is 0 Å². The monoisotopic (exact) mass is 371 g/mol. The molecule has 0 spiro atoms. The van der Waals surface area contributed by atoms with Crippen LogP contribution < -0.4 is 10.0 Å². The van der Waals surface area contributed by atoms with Crippen LogP contribution in [0.3, 0.4) is 0 Å². The summed E-state index contributed by atoms with van der Waals surface area (Å²) in [6.45, 7) is 0. The van der Waals surface area contributed by atoms with E-state index in [0.717, 1.165) is 31.3 Å². The summed E-state index contributed by atoms with van der Waals surface area (Å²) < 4.78 is 65.4. The predicted molar refractivity (Wildman–Crippen MR) is 71.9 cm³/mol. The number of halogens is 4. The fourth-order valence-electron chi connectivity index (χ4n) is 1.83. The van der Waals surface area contributed by atoms with Crippen LogP contribution in [0.5, 0.6) is 0 Å². The Hall–Kier alpha value is -1.85. The molecular formula is C11H9ClF3N3O4S. The van der Waals surface area contributed by atoms with Crippen molar-refractivity contribution in [1.29, 1.82) is 0 Å². The fraction of sp³-hybridized carbons (Fsp3) is 0.273. The number of nitrogens with zero attached hydrogens (tertiary/aromatic N) is 1. The molecule has 2 N–H and O–H groups in total. The van der Waals surface area contributed by atoms with E-state index in [4.69, 9.17) is 11.6 Å². The third-order valence-corrected chi connectivity index (χ3v) is 4.78.